The van der Waals surface area contributed by atoms with E-state index in [9.17, 15) is 0 Å². The van der Waals surface area contributed by atoms with Gasteiger partial charge in [-0.15, -0.1) is 0 Å². The number of aromatic hydroxyl groups is 1. The van der Waals surface area contributed by atoms with Crippen molar-refractivity contribution < 1.29 is 5.11 Å². The fourth-order valence-electron chi connectivity index (χ4n) is 0.777. The van der Waals surface area contributed by atoms with E-state index in [1.807, 2.05) is 6.92 Å². The van der Waals surface area contributed by atoms with Crippen LogP contribution in [0, 0.1) is 6.92 Å². The molecule has 3 heteroatoms. The van der Waals surface area contributed by atoms with E-state index in [0.29, 0.717) is 5.69 Å². The van der Waals surface area contributed by atoms with Gasteiger partial charge in [0.1, 0.15) is 10.8 Å². The summed E-state index contributed by atoms with van der Waals surface area (Å²) in [4.78, 5) is 0. The maximum atomic E-state index is 9.07. The van der Waals surface area contributed by atoms with Crippen LogP contribution in [0.25, 0.3) is 0 Å². The highest BCUT2D eigenvalue weighted by molar-refractivity contribution is 6.34. The minimum absolute atomic E-state index is 0.0409. The molecule has 0 unspecified atom stereocenters. The average molecular weight is 158 g/mol. The van der Waals surface area contributed by atoms with Gasteiger partial charge in [0.15, 0.2) is 0 Å². The molecule has 1 aromatic carbocycles. The largest absolute Gasteiger partial charge is 0.506 e. The summed E-state index contributed by atoms with van der Waals surface area (Å²) in [5.41, 5.74) is 6.75. The summed E-state index contributed by atoms with van der Waals surface area (Å²) in [7, 11) is 0. The Morgan fingerprint density at radius 1 is 1.50 bits per heavy atom. The number of hydrogen-bond donors (Lipinski definition) is 2. The number of rotatable bonds is 0. The molecular weight excluding hydrogens is 150 g/mol. The molecule has 0 aliphatic heterocycles. The van der Waals surface area contributed by atoms with Crippen LogP contribution in [0.3, 0.4) is 0 Å². The second-order valence-electron chi connectivity index (χ2n) is 2.19. The van der Waals surface area contributed by atoms with Gasteiger partial charge in [0.2, 0.25) is 0 Å². The number of nitrogens with two attached hydrogens (primary N) is 1. The Hall–Kier alpha value is -0.890. The zero-order chi connectivity index (χ0) is 7.72. The molecule has 0 radical (unpaired) electrons. The molecule has 0 atom stereocenters. The van der Waals surface area contributed by atoms with E-state index in [0.717, 1.165) is 5.56 Å². The molecule has 0 aliphatic rings. The molecule has 0 aromatic heterocycles. The number of nitrogen functional groups attached to an aromatic ring is 1. The van der Waals surface area contributed by atoms with E-state index in [4.69, 9.17) is 22.4 Å². The van der Waals surface area contributed by atoms with E-state index in [2.05, 4.69) is 0 Å². The highest BCUT2D eigenvalue weighted by atomic mass is 35.5. The van der Waals surface area contributed by atoms with Crippen LogP contribution in [-0.2, 0) is 0 Å². The SMILES string of the molecule is Cc1cc(N)c(Cl)c(O)c1. The topological polar surface area (TPSA) is 46.2 Å². The lowest BCUT2D eigenvalue weighted by Gasteiger charge is -2.01. The zero-order valence-electron chi connectivity index (χ0n) is 5.56. The van der Waals surface area contributed by atoms with Crippen molar-refractivity contribution in [2.24, 2.45) is 0 Å². The summed E-state index contributed by atoms with van der Waals surface area (Å²) in [6.45, 7) is 1.84. The number of phenolic OH excluding ortho intramolecular Hbond substituents is 1. The summed E-state index contributed by atoms with van der Waals surface area (Å²) in [6, 6.07) is 3.28. The number of anilines is 1. The quantitative estimate of drug-likeness (QED) is 0.566. The zero-order valence-corrected chi connectivity index (χ0v) is 6.31. The monoisotopic (exact) mass is 157 g/mol. The third kappa shape index (κ3) is 1.16. The molecule has 0 bridgehead atoms. The van der Waals surface area contributed by atoms with Crippen molar-refractivity contribution in [3.05, 3.63) is 22.7 Å². The van der Waals surface area contributed by atoms with Crippen molar-refractivity contribution in [1.29, 1.82) is 0 Å². The van der Waals surface area contributed by atoms with Crippen LogP contribution >= 0.6 is 11.6 Å². The van der Waals surface area contributed by atoms with Crippen molar-refractivity contribution in [1.82, 2.24) is 0 Å². The lowest BCUT2D eigenvalue weighted by Crippen LogP contribution is -1.86. The molecule has 10 heavy (non-hydrogen) atoms. The molecule has 1 rings (SSSR count). The van der Waals surface area contributed by atoms with E-state index < -0.39 is 0 Å². The Morgan fingerprint density at radius 3 is 2.60 bits per heavy atom. The van der Waals surface area contributed by atoms with Crippen LogP contribution in [0.15, 0.2) is 12.1 Å². The van der Waals surface area contributed by atoms with Gasteiger partial charge in [-0.3, -0.25) is 0 Å². The van der Waals surface area contributed by atoms with Crippen LogP contribution in [0.1, 0.15) is 5.56 Å². The van der Waals surface area contributed by atoms with Crippen LogP contribution in [-0.4, -0.2) is 5.11 Å². The number of halogens is 1. The first-order chi connectivity index (χ1) is 4.61. The van der Waals surface area contributed by atoms with Crippen molar-refractivity contribution in [3.63, 3.8) is 0 Å². The van der Waals surface area contributed by atoms with Gasteiger partial charge in [-0.1, -0.05) is 11.6 Å². The van der Waals surface area contributed by atoms with Gasteiger partial charge in [-0.05, 0) is 24.6 Å². The van der Waals surface area contributed by atoms with Crippen molar-refractivity contribution in [2.75, 3.05) is 5.73 Å². The highest BCUT2D eigenvalue weighted by Gasteiger charge is 2.01. The van der Waals surface area contributed by atoms with E-state index >= 15 is 0 Å². The molecule has 3 N–H and O–H groups in total. The molecular formula is C7H8ClNO. The minimum atomic E-state index is 0.0409. The number of aryl methyl sites for hydroxylation is 1. The molecule has 2 nitrogen and oxygen atoms in total. The number of phenols is 1. The lowest BCUT2D eigenvalue weighted by molar-refractivity contribution is 0.475. The Kier molecular flexibility index (Phi) is 1.72. The third-order valence-electron chi connectivity index (χ3n) is 1.23. The van der Waals surface area contributed by atoms with Gasteiger partial charge < -0.3 is 10.8 Å². The molecule has 0 spiro atoms. The summed E-state index contributed by atoms with van der Waals surface area (Å²) in [6.07, 6.45) is 0. The molecule has 0 saturated heterocycles. The maximum absolute atomic E-state index is 9.07. The summed E-state index contributed by atoms with van der Waals surface area (Å²) in [5.74, 6) is 0.0409. The van der Waals surface area contributed by atoms with E-state index in [1.165, 1.54) is 0 Å². The minimum Gasteiger partial charge on any atom is -0.506 e. The predicted molar refractivity (Wildman–Crippen MR) is 42.3 cm³/mol. The average Bonchev–Trinajstić information content (AvgIpc) is 1.82. The van der Waals surface area contributed by atoms with Gasteiger partial charge >= 0.3 is 0 Å². The van der Waals surface area contributed by atoms with Crippen LogP contribution < -0.4 is 5.73 Å². The smallest absolute Gasteiger partial charge is 0.136 e. The van der Waals surface area contributed by atoms with Gasteiger partial charge in [-0.25, -0.2) is 0 Å². The highest BCUT2D eigenvalue weighted by Crippen LogP contribution is 2.29. The molecule has 0 heterocycles. The Labute approximate surface area is 64.2 Å². The van der Waals surface area contributed by atoms with Crippen LogP contribution in [0.4, 0.5) is 5.69 Å². The molecule has 54 valence electrons. The molecule has 0 fully saturated rings. The first-order valence-electron chi connectivity index (χ1n) is 2.86. The second kappa shape index (κ2) is 2.39. The standard InChI is InChI=1S/C7H8ClNO/c1-4-2-5(9)7(8)6(10)3-4/h2-3,10H,9H2,1H3. The second-order valence-corrected chi connectivity index (χ2v) is 2.57. The Morgan fingerprint density at radius 2 is 2.10 bits per heavy atom. The Bertz CT molecular complexity index is 237. The van der Waals surface area contributed by atoms with E-state index in [1.54, 1.807) is 12.1 Å². The molecule has 1 aromatic rings. The van der Waals surface area contributed by atoms with Crippen molar-refractivity contribution in [2.45, 2.75) is 6.92 Å². The van der Waals surface area contributed by atoms with Crippen molar-refractivity contribution in [3.8, 4) is 5.75 Å². The third-order valence-corrected chi connectivity index (χ3v) is 1.64. The van der Waals surface area contributed by atoms with Gasteiger partial charge in [0.05, 0.1) is 5.69 Å². The summed E-state index contributed by atoms with van der Waals surface area (Å²) in [5, 5.41) is 9.30. The summed E-state index contributed by atoms with van der Waals surface area (Å²) >= 11 is 5.57. The molecule has 0 aliphatic carbocycles. The molecule has 0 amide bonds. The molecule has 0 saturated carbocycles. The van der Waals surface area contributed by atoms with Crippen molar-refractivity contribution >= 4 is 17.3 Å². The van der Waals surface area contributed by atoms with Crippen LogP contribution in [0.5, 0.6) is 5.75 Å². The normalized spacial score (nSPS) is 9.80. The summed E-state index contributed by atoms with van der Waals surface area (Å²) < 4.78 is 0. The fraction of sp³-hybridized carbons (Fsp3) is 0.143. The van der Waals surface area contributed by atoms with Gasteiger partial charge in [0.25, 0.3) is 0 Å². The first-order valence-corrected chi connectivity index (χ1v) is 3.23. The van der Waals surface area contributed by atoms with Crippen LogP contribution in [0.2, 0.25) is 5.02 Å². The fourth-order valence-corrected chi connectivity index (χ4v) is 0.886. The Balaban J connectivity index is 3.31. The number of benzene rings is 1. The maximum Gasteiger partial charge on any atom is 0.136 e. The van der Waals surface area contributed by atoms with Gasteiger partial charge in [0, 0.05) is 0 Å². The van der Waals surface area contributed by atoms with Gasteiger partial charge in [-0.2, -0.15) is 0 Å². The lowest BCUT2D eigenvalue weighted by atomic mass is 10.2. The number of hydrogen-bond acceptors (Lipinski definition) is 2. The van der Waals surface area contributed by atoms with E-state index in [-0.39, 0.29) is 10.8 Å². The first kappa shape index (κ1) is 7.22. The predicted octanol–water partition coefficient (Wildman–Crippen LogP) is 1.94.